The fraction of sp³-hybridized carbons (Fsp3) is 0.419. The van der Waals surface area contributed by atoms with Gasteiger partial charge in [0.1, 0.15) is 35.4 Å². The van der Waals surface area contributed by atoms with Crippen LogP contribution >= 0.6 is 0 Å². The molecule has 3 aromatic carbocycles. The zero-order chi connectivity index (χ0) is 29.6. The van der Waals surface area contributed by atoms with E-state index in [0.717, 1.165) is 11.6 Å². The standard InChI is InChI=1S/C31H34O10/c1-15-12-18-13-19(29(37)38)14-22(24(18)25(34)23(15)20(32)11-9-17-6-4-3-5-7-17)40-30-26(35)27(36)31(39)16(2)8-10-21(33)28(31)41-30/h3-7,12-14,16,21,26-28,30,33-36,39H,8-11H2,1-2H3,(H,37,38). The Morgan fingerprint density at radius 3 is 2.46 bits per heavy atom. The number of aliphatic hydroxyl groups is 4. The van der Waals surface area contributed by atoms with Crippen molar-refractivity contribution in [2.24, 2.45) is 5.92 Å². The van der Waals surface area contributed by atoms with Crippen molar-refractivity contribution in [1.29, 1.82) is 0 Å². The molecule has 2 aliphatic rings. The second-order valence-electron chi connectivity index (χ2n) is 11.1. The number of aromatic carboxylic acids is 1. The van der Waals surface area contributed by atoms with Gasteiger partial charge in [0.25, 0.3) is 0 Å². The van der Waals surface area contributed by atoms with E-state index < -0.39 is 53.9 Å². The molecule has 0 amide bonds. The Kier molecular flexibility index (Phi) is 7.80. The molecule has 5 rings (SSSR count). The molecular weight excluding hydrogens is 532 g/mol. The number of carbonyl (C=O) groups is 2. The van der Waals surface area contributed by atoms with Gasteiger partial charge in [-0.25, -0.2) is 4.79 Å². The molecule has 6 N–H and O–H groups in total. The molecule has 218 valence electrons. The maximum atomic E-state index is 13.3. The summed E-state index contributed by atoms with van der Waals surface area (Å²) in [5, 5.41) is 65.1. The number of aryl methyl sites for hydroxylation is 2. The van der Waals surface area contributed by atoms with E-state index in [9.17, 15) is 40.2 Å². The Morgan fingerprint density at radius 1 is 1.07 bits per heavy atom. The molecule has 3 aromatic rings. The maximum absolute atomic E-state index is 13.3. The SMILES string of the molecule is Cc1cc2cc(C(=O)O)cc(OC3OC4C(O)CCC(C)C4(O)C(O)C3O)c2c(O)c1C(=O)CCc1ccccc1. The maximum Gasteiger partial charge on any atom is 0.335 e. The van der Waals surface area contributed by atoms with Crippen molar-refractivity contribution in [1.82, 2.24) is 0 Å². The topological polar surface area (TPSA) is 174 Å². The van der Waals surface area contributed by atoms with E-state index in [1.165, 1.54) is 6.07 Å². The Bertz CT molecular complexity index is 1470. The van der Waals surface area contributed by atoms with Gasteiger partial charge in [-0.15, -0.1) is 0 Å². The summed E-state index contributed by atoms with van der Waals surface area (Å²) in [5.74, 6) is -2.75. The quantitative estimate of drug-likeness (QED) is 0.233. The first-order valence-electron chi connectivity index (χ1n) is 13.6. The normalized spacial score (nSPS) is 29.6. The third kappa shape index (κ3) is 5.06. The van der Waals surface area contributed by atoms with E-state index in [0.29, 0.717) is 18.4 Å². The van der Waals surface area contributed by atoms with Gasteiger partial charge in [-0.05, 0) is 60.7 Å². The molecule has 0 aromatic heterocycles. The lowest BCUT2D eigenvalue weighted by atomic mass is 9.67. The van der Waals surface area contributed by atoms with Crippen LogP contribution in [0.25, 0.3) is 10.8 Å². The first-order valence-corrected chi connectivity index (χ1v) is 13.6. The third-order valence-corrected chi connectivity index (χ3v) is 8.47. The Hall–Kier alpha value is -3.54. The van der Waals surface area contributed by atoms with Crippen molar-refractivity contribution in [2.75, 3.05) is 0 Å². The molecule has 1 saturated carbocycles. The van der Waals surface area contributed by atoms with Crippen LogP contribution in [0.1, 0.15) is 58.0 Å². The molecule has 0 radical (unpaired) electrons. The Balaban J connectivity index is 1.54. The molecule has 10 heteroatoms. The van der Waals surface area contributed by atoms with Crippen LogP contribution in [0, 0.1) is 12.8 Å². The van der Waals surface area contributed by atoms with Crippen LogP contribution in [0.3, 0.4) is 0 Å². The van der Waals surface area contributed by atoms with Crippen LogP contribution in [-0.4, -0.2) is 78.7 Å². The zero-order valence-electron chi connectivity index (χ0n) is 22.7. The molecule has 2 fully saturated rings. The van der Waals surface area contributed by atoms with E-state index in [1.54, 1.807) is 19.9 Å². The van der Waals surface area contributed by atoms with Crippen molar-refractivity contribution in [3.8, 4) is 11.5 Å². The van der Waals surface area contributed by atoms with E-state index in [-0.39, 0.29) is 46.3 Å². The van der Waals surface area contributed by atoms with Crippen molar-refractivity contribution in [2.45, 2.75) is 75.8 Å². The molecule has 7 atom stereocenters. The summed E-state index contributed by atoms with van der Waals surface area (Å²) < 4.78 is 11.7. The summed E-state index contributed by atoms with van der Waals surface area (Å²) in [6.45, 7) is 3.32. The number of carboxylic acid groups (broad SMARTS) is 1. The van der Waals surface area contributed by atoms with Gasteiger partial charge in [-0.1, -0.05) is 43.3 Å². The molecule has 0 bridgehead atoms. The van der Waals surface area contributed by atoms with Gasteiger partial charge < -0.3 is 40.1 Å². The fourth-order valence-electron chi connectivity index (χ4n) is 6.14. The van der Waals surface area contributed by atoms with Crippen LogP contribution in [-0.2, 0) is 11.2 Å². The predicted molar refractivity (Wildman–Crippen MR) is 147 cm³/mol. The number of hydrogen-bond donors (Lipinski definition) is 6. The average molecular weight is 567 g/mol. The lowest BCUT2D eigenvalue weighted by Gasteiger charge is -2.54. The van der Waals surface area contributed by atoms with Crippen molar-refractivity contribution in [3.63, 3.8) is 0 Å². The molecule has 1 heterocycles. The third-order valence-electron chi connectivity index (χ3n) is 8.47. The summed E-state index contributed by atoms with van der Waals surface area (Å²) in [5.41, 5.74) is -0.689. The van der Waals surface area contributed by atoms with E-state index >= 15 is 0 Å². The molecule has 1 saturated heterocycles. The number of carbonyl (C=O) groups excluding carboxylic acids is 1. The number of benzene rings is 3. The number of aliphatic hydroxyl groups excluding tert-OH is 3. The van der Waals surface area contributed by atoms with Gasteiger partial charge in [-0.3, -0.25) is 4.79 Å². The number of rotatable bonds is 7. The average Bonchev–Trinajstić information content (AvgIpc) is 2.94. The molecule has 0 spiro atoms. The summed E-state index contributed by atoms with van der Waals surface area (Å²) >= 11 is 0. The van der Waals surface area contributed by atoms with Gasteiger partial charge in [0.2, 0.25) is 6.29 Å². The van der Waals surface area contributed by atoms with E-state index in [4.69, 9.17) is 9.47 Å². The molecule has 1 aliphatic carbocycles. The van der Waals surface area contributed by atoms with Gasteiger partial charge in [0, 0.05) is 6.42 Å². The van der Waals surface area contributed by atoms with Crippen molar-refractivity contribution in [3.05, 3.63) is 70.8 Å². The first-order chi connectivity index (χ1) is 19.4. The van der Waals surface area contributed by atoms with Gasteiger partial charge >= 0.3 is 5.97 Å². The first kappa shape index (κ1) is 29.0. The van der Waals surface area contributed by atoms with Gasteiger partial charge in [0.05, 0.1) is 22.6 Å². The highest BCUT2D eigenvalue weighted by molar-refractivity contribution is 6.09. The highest BCUT2D eigenvalue weighted by Crippen LogP contribution is 2.45. The van der Waals surface area contributed by atoms with Crippen molar-refractivity contribution >= 4 is 22.5 Å². The molecule has 10 nitrogen and oxygen atoms in total. The Labute approximate surface area is 236 Å². The zero-order valence-corrected chi connectivity index (χ0v) is 22.7. The molecule has 7 unspecified atom stereocenters. The number of carboxylic acids is 1. The number of fused-ring (bicyclic) bond motifs is 2. The smallest absolute Gasteiger partial charge is 0.335 e. The van der Waals surface area contributed by atoms with E-state index in [1.807, 2.05) is 30.3 Å². The predicted octanol–water partition coefficient (Wildman–Crippen LogP) is 2.71. The number of Topliss-reactive ketones (excluding diaryl/α,β-unsaturated/α-hetero) is 1. The fourth-order valence-corrected chi connectivity index (χ4v) is 6.14. The number of phenolic OH excluding ortho intramolecular Hbond substituents is 1. The summed E-state index contributed by atoms with van der Waals surface area (Å²) in [6, 6.07) is 13.4. The minimum Gasteiger partial charge on any atom is -0.506 e. The van der Waals surface area contributed by atoms with Crippen LogP contribution in [0.4, 0.5) is 0 Å². The number of hydrogen-bond acceptors (Lipinski definition) is 9. The van der Waals surface area contributed by atoms with E-state index in [2.05, 4.69) is 0 Å². The lowest BCUT2D eigenvalue weighted by Crippen LogP contribution is -2.73. The monoisotopic (exact) mass is 566 g/mol. The summed E-state index contributed by atoms with van der Waals surface area (Å²) in [6.07, 6.45) is -6.39. The second kappa shape index (κ2) is 11.0. The number of phenols is 1. The number of ketones is 1. The largest absolute Gasteiger partial charge is 0.506 e. The second-order valence-corrected chi connectivity index (χ2v) is 11.1. The lowest BCUT2D eigenvalue weighted by molar-refractivity contribution is -0.343. The van der Waals surface area contributed by atoms with Crippen LogP contribution in [0.15, 0.2) is 48.5 Å². The molecule has 41 heavy (non-hydrogen) atoms. The van der Waals surface area contributed by atoms with Gasteiger partial charge in [0.15, 0.2) is 5.78 Å². The van der Waals surface area contributed by atoms with Gasteiger partial charge in [-0.2, -0.15) is 0 Å². The Morgan fingerprint density at radius 2 is 1.78 bits per heavy atom. The van der Waals surface area contributed by atoms with Crippen LogP contribution in [0.2, 0.25) is 0 Å². The number of aromatic hydroxyl groups is 1. The highest BCUT2D eigenvalue weighted by Gasteiger charge is 2.61. The summed E-state index contributed by atoms with van der Waals surface area (Å²) in [4.78, 5) is 25.2. The van der Waals surface area contributed by atoms with Crippen molar-refractivity contribution < 1.29 is 49.7 Å². The minimum atomic E-state index is -1.94. The minimum absolute atomic E-state index is 0.0207. The molecular formula is C31H34O10. The van der Waals surface area contributed by atoms with Crippen LogP contribution in [0.5, 0.6) is 11.5 Å². The summed E-state index contributed by atoms with van der Waals surface area (Å²) in [7, 11) is 0. The molecule has 1 aliphatic heterocycles. The number of ether oxygens (including phenoxy) is 2. The highest BCUT2D eigenvalue weighted by atomic mass is 16.7. The van der Waals surface area contributed by atoms with Crippen LogP contribution < -0.4 is 4.74 Å².